The topological polar surface area (TPSA) is 68.5 Å². The van der Waals surface area contributed by atoms with Crippen LogP contribution in [0.3, 0.4) is 0 Å². The van der Waals surface area contributed by atoms with E-state index in [0.29, 0.717) is 6.54 Å². The van der Waals surface area contributed by atoms with Gasteiger partial charge in [0.25, 0.3) is 0 Å². The number of fused-ring (bicyclic) bond motifs is 1. The van der Waals surface area contributed by atoms with Gasteiger partial charge in [-0.1, -0.05) is 13.0 Å². The molecule has 6 nitrogen and oxygen atoms in total. The van der Waals surface area contributed by atoms with Crippen molar-refractivity contribution in [3.8, 4) is 0 Å². The summed E-state index contributed by atoms with van der Waals surface area (Å²) < 4.78 is 1.74. The van der Waals surface area contributed by atoms with Crippen LogP contribution in [0.5, 0.6) is 0 Å². The van der Waals surface area contributed by atoms with Gasteiger partial charge in [-0.15, -0.1) is 0 Å². The fraction of sp³-hybridized carbons (Fsp3) is 0.286. The lowest BCUT2D eigenvalue weighted by Gasteiger charge is -2.09. The summed E-state index contributed by atoms with van der Waals surface area (Å²) in [6.07, 6.45) is 6.11. The lowest BCUT2D eigenvalue weighted by Crippen LogP contribution is -2.06. The van der Waals surface area contributed by atoms with Crippen molar-refractivity contribution in [3.05, 3.63) is 42.1 Å². The lowest BCUT2D eigenvalue weighted by atomic mass is 10.1. The molecular weight excluding hydrogens is 252 g/mol. The van der Waals surface area contributed by atoms with Gasteiger partial charge in [-0.05, 0) is 18.1 Å². The Hall–Kier alpha value is -2.50. The Balaban J connectivity index is 1.87. The maximum Gasteiger partial charge on any atom is 0.163 e. The third-order valence-corrected chi connectivity index (χ3v) is 3.32. The number of hydrogen-bond acceptors (Lipinski definition) is 5. The maximum absolute atomic E-state index is 4.42. The Morgan fingerprint density at radius 2 is 2.15 bits per heavy atom. The van der Waals surface area contributed by atoms with Gasteiger partial charge in [0.1, 0.15) is 12.1 Å². The Morgan fingerprint density at radius 3 is 3.00 bits per heavy atom. The predicted molar refractivity (Wildman–Crippen MR) is 77.2 cm³/mol. The van der Waals surface area contributed by atoms with Gasteiger partial charge in [-0.2, -0.15) is 5.10 Å². The molecule has 3 aromatic heterocycles. The number of hydrogen-bond donors (Lipinski definition) is 1. The molecule has 6 heteroatoms. The summed E-state index contributed by atoms with van der Waals surface area (Å²) >= 11 is 0. The third kappa shape index (κ3) is 2.20. The number of nitrogens with one attached hydrogen (secondary N) is 1. The normalized spacial score (nSPS) is 10.9. The molecule has 0 atom stereocenters. The van der Waals surface area contributed by atoms with Crippen molar-refractivity contribution >= 4 is 16.9 Å². The minimum Gasteiger partial charge on any atom is -0.364 e. The molecule has 0 radical (unpaired) electrons. The van der Waals surface area contributed by atoms with Gasteiger partial charge in [0.05, 0.1) is 23.8 Å². The van der Waals surface area contributed by atoms with Crippen LogP contribution in [-0.2, 0) is 20.0 Å². The molecular formula is C14H16N6. The van der Waals surface area contributed by atoms with Crippen molar-refractivity contribution in [2.45, 2.75) is 19.9 Å². The Morgan fingerprint density at radius 1 is 1.25 bits per heavy atom. The Bertz CT molecular complexity index is 733. The summed E-state index contributed by atoms with van der Waals surface area (Å²) in [6.45, 7) is 2.77. The lowest BCUT2D eigenvalue weighted by molar-refractivity contribution is 0.785. The molecule has 20 heavy (non-hydrogen) atoms. The van der Waals surface area contributed by atoms with Gasteiger partial charge >= 0.3 is 0 Å². The molecule has 3 rings (SSSR count). The van der Waals surface area contributed by atoms with Crippen LogP contribution in [0.4, 0.5) is 5.82 Å². The molecule has 0 aromatic carbocycles. The van der Waals surface area contributed by atoms with Gasteiger partial charge in [0.15, 0.2) is 5.65 Å². The quantitative estimate of drug-likeness (QED) is 0.783. The minimum absolute atomic E-state index is 0.644. The van der Waals surface area contributed by atoms with E-state index in [9.17, 15) is 0 Å². The largest absolute Gasteiger partial charge is 0.364 e. The van der Waals surface area contributed by atoms with Crippen molar-refractivity contribution in [3.63, 3.8) is 0 Å². The van der Waals surface area contributed by atoms with E-state index < -0.39 is 0 Å². The highest BCUT2D eigenvalue weighted by molar-refractivity contribution is 5.85. The van der Waals surface area contributed by atoms with Crippen LogP contribution in [0.15, 0.2) is 30.9 Å². The first-order valence-electron chi connectivity index (χ1n) is 6.59. The SMILES string of the molecule is CCc1cccnc1CNc1ncnc2c1cnn2C. The average Bonchev–Trinajstić information content (AvgIpc) is 2.88. The Kier molecular flexibility index (Phi) is 3.28. The van der Waals surface area contributed by atoms with E-state index in [2.05, 4.69) is 38.4 Å². The van der Waals surface area contributed by atoms with Crippen LogP contribution in [0.2, 0.25) is 0 Å². The number of pyridine rings is 1. The Labute approximate surface area is 116 Å². The van der Waals surface area contributed by atoms with Crippen LogP contribution in [0, 0.1) is 0 Å². The first-order valence-corrected chi connectivity index (χ1v) is 6.59. The fourth-order valence-corrected chi connectivity index (χ4v) is 2.22. The van der Waals surface area contributed by atoms with Gasteiger partial charge in [-0.3, -0.25) is 9.67 Å². The molecule has 3 heterocycles. The van der Waals surface area contributed by atoms with Gasteiger partial charge < -0.3 is 5.32 Å². The predicted octanol–water partition coefficient (Wildman–Crippen LogP) is 1.93. The van der Waals surface area contributed by atoms with Crippen LogP contribution in [-0.4, -0.2) is 24.7 Å². The molecule has 0 aliphatic heterocycles. The minimum atomic E-state index is 0.644. The fourth-order valence-electron chi connectivity index (χ4n) is 2.22. The first kappa shape index (κ1) is 12.5. The first-order chi connectivity index (χ1) is 9.79. The molecule has 0 fully saturated rings. The van der Waals surface area contributed by atoms with Crippen molar-refractivity contribution in [1.82, 2.24) is 24.7 Å². The highest BCUT2D eigenvalue weighted by atomic mass is 15.3. The number of aromatic nitrogens is 5. The number of nitrogens with zero attached hydrogens (tertiary/aromatic N) is 5. The molecule has 0 unspecified atom stereocenters. The van der Waals surface area contributed by atoms with E-state index in [0.717, 1.165) is 29.0 Å². The summed E-state index contributed by atoms with van der Waals surface area (Å²) in [4.78, 5) is 12.9. The van der Waals surface area contributed by atoms with Crippen molar-refractivity contribution in [2.75, 3.05) is 5.32 Å². The molecule has 102 valence electrons. The van der Waals surface area contributed by atoms with Crippen molar-refractivity contribution in [2.24, 2.45) is 7.05 Å². The number of aryl methyl sites for hydroxylation is 2. The van der Waals surface area contributed by atoms with Crippen molar-refractivity contribution < 1.29 is 0 Å². The monoisotopic (exact) mass is 268 g/mol. The van der Waals surface area contributed by atoms with Crippen LogP contribution < -0.4 is 5.32 Å². The van der Waals surface area contributed by atoms with E-state index in [1.807, 2.05) is 19.3 Å². The zero-order valence-electron chi connectivity index (χ0n) is 11.5. The molecule has 3 aromatic rings. The van der Waals surface area contributed by atoms with E-state index in [4.69, 9.17) is 0 Å². The second kappa shape index (κ2) is 5.24. The zero-order valence-corrected chi connectivity index (χ0v) is 11.5. The highest BCUT2D eigenvalue weighted by Gasteiger charge is 2.08. The standard InChI is InChI=1S/C14H16N6/c1-3-10-5-4-6-15-12(10)8-16-13-11-7-19-20(2)14(11)18-9-17-13/h4-7,9H,3,8H2,1-2H3,(H,16,17,18). The van der Waals surface area contributed by atoms with E-state index in [-0.39, 0.29) is 0 Å². The summed E-state index contributed by atoms with van der Waals surface area (Å²) in [5.74, 6) is 0.788. The second-order valence-electron chi connectivity index (χ2n) is 4.54. The summed E-state index contributed by atoms with van der Waals surface area (Å²) in [6, 6.07) is 4.07. The summed E-state index contributed by atoms with van der Waals surface area (Å²) in [5, 5.41) is 8.45. The molecule has 0 amide bonds. The van der Waals surface area contributed by atoms with Crippen LogP contribution in [0.25, 0.3) is 11.0 Å². The molecule has 0 spiro atoms. The van der Waals surface area contributed by atoms with Gasteiger partial charge in [-0.25, -0.2) is 9.97 Å². The smallest absolute Gasteiger partial charge is 0.163 e. The third-order valence-electron chi connectivity index (χ3n) is 3.32. The molecule has 0 saturated carbocycles. The van der Waals surface area contributed by atoms with Crippen LogP contribution >= 0.6 is 0 Å². The number of anilines is 1. The second-order valence-corrected chi connectivity index (χ2v) is 4.54. The van der Waals surface area contributed by atoms with Gasteiger partial charge in [0, 0.05) is 13.2 Å². The average molecular weight is 268 g/mol. The highest BCUT2D eigenvalue weighted by Crippen LogP contribution is 2.18. The van der Waals surface area contributed by atoms with E-state index >= 15 is 0 Å². The van der Waals surface area contributed by atoms with Gasteiger partial charge in [0.2, 0.25) is 0 Å². The molecule has 0 bridgehead atoms. The van der Waals surface area contributed by atoms with E-state index in [1.165, 1.54) is 5.56 Å². The van der Waals surface area contributed by atoms with E-state index in [1.54, 1.807) is 17.2 Å². The molecule has 0 saturated heterocycles. The zero-order chi connectivity index (χ0) is 13.9. The van der Waals surface area contributed by atoms with Crippen LogP contribution in [0.1, 0.15) is 18.2 Å². The molecule has 0 aliphatic rings. The maximum atomic E-state index is 4.42. The summed E-state index contributed by atoms with van der Waals surface area (Å²) in [5.41, 5.74) is 3.11. The molecule has 0 aliphatic carbocycles. The number of rotatable bonds is 4. The summed E-state index contributed by atoms with van der Waals surface area (Å²) in [7, 11) is 1.87. The van der Waals surface area contributed by atoms with Crippen molar-refractivity contribution in [1.29, 1.82) is 0 Å². The molecule has 1 N–H and O–H groups in total.